The van der Waals surface area contributed by atoms with Gasteiger partial charge in [-0.3, -0.25) is 13.3 Å². The molecule has 0 aromatic heterocycles. The lowest BCUT2D eigenvalue weighted by atomic mass is 10.2. The van der Waals surface area contributed by atoms with Crippen LogP contribution in [0, 0.1) is 13.8 Å². The Morgan fingerprint density at radius 3 is 1.52 bits per heavy atom. The fourth-order valence-electron chi connectivity index (χ4n) is 1.62. The Labute approximate surface area is 157 Å². The van der Waals surface area contributed by atoms with Crippen molar-refractivity contribution in [2.75, 3.05) is 6.35 Å². The van der Waals surface area contributed by atoms with E-state index in [9.17, 15) is 21.4 Å². The summed E-state index contributed by atoms with van der Waals surface area (Å²) < 4.78 is 67.1. The predicted octanol–water partition coefficient (Wildman–Crippen LogP) is 2.08. The fraction of sp³-hybridized carbons (Fsp3) is 0.200. The molecular formula is C15H19O9PS2. The molecule has 0 radical (unpaired) electrons. The summed E-state index contributed by atoms with van der Waals surface area (Å²) in [4.78, 5) is 16.8. The van der Waals surface area contributed by atoms with Crippen molar-refractivity contribution in [3.63, 3.8) is 0 Å². The Bertz CT molecular complexity index is 1010. The Balaban J connectivity index is 0.000000289. The highest BCUT2D eigenvalue weighted by molar-refractivity contribution is 7.87. The first-order chi connectivity index (χ1) is 12.2. The van der Waals surface area contributed by atoms with E-state index in [0.717, 1.165) is 11.1 Å². The highest BCUT2D eigenvalue weighted by atomic mass is 32.2. The van der Waals surface area contributed by atoms with Gasteiger partial charge in [0.1, 0.15) is 0 Å². The van der Waals surface area contributed by atoms with E-state index in [1.165, 1.54) is 24.3 Å². The topological polar surface area (TPSA) is 155 Å². The number of rotatable bonds is 5. The molecule has 3 N–H and O–H groups in total. The molecule has 0 aliphatic heterocycles. The first-order valence-corrected chi connectivity index (χ1v) is 11.9. The van der Waals surface area contributed by atoms with Gasteiger partial charge in [-0.2, -0.15) is 16.8 Å². The third kappa shape index (κ3) is 8.76. The van der Waals surface area contributed by atoms with Gasteiger partial charge in [-0.1, -0.05) is 35.4 Å². The molecule has 0 aliphatic rings. The van der Waals surface area contributed by atoms with Crippen LogP contribution >= 0.6 is 7.60 Å². The predicted molar refractivity (Wildman–Crippen MR) is 97.4 cm³/mol. The SMILES string of the molecule is Cc1ccc(S(=O)(=O)O)cc1.Cc1ccc(S(=O)(=O)OCP(=O)(O)O)cc1. The molecule has 9 nitrogen and oxygen atoms in total. The molecule has 2 aromatic carbocycles. The molecule has 0 aliphatic carbocycles. The van der Waals surface area contributed by atoms with Gasteiger partial charge in [-0.05, 0) is 38.1 Å². The zero-order valence-corrected chi connectivity index (χ0v) is 16.9. The van der Waals surface area contributed by atoms with Crippen LogP contribution in [0.25, 0.3) is 0 Å². The molecule has 150 valence electrons. The van der Waals surface area contributed by atoms with E-state index in [4.69, 9.17) is 14.3 Å². The van der Waals surface area contributed by atoms with Crippen molar-refractivity contribution in [3.8, 4) is 0 Å². The quantitative estimate of drug-likeness (QED) is 0.361. The van der Waals surface area contributed by atoms with Crippen molar-refractivity contribution in [1.29, 1.82) is 0 Å². The van der Waals surface area contributed by atoms with Gasteiger partial charge < -0.3 is 9.79 Å². The zero-order valence-electron chi connectivity index (χ0n) is 14.4. The van der Waals surface area contributed by atoms with Gasteiger partial charge in [0.15, 0.2) is 6.35 Å². The van der Waals surface area contributed by atoms with Crippen LogP contribution in [0.4, 0.5) is 0 Å². The second-order valence-electron chi connectivity index (χ2n) is 5.47. The Morgan fingerprint density at radius 1 is 0.815 bits per heavy atom. The molecule has 0 bridgehead atoms. The van der Waals surface area contributed by atoms with Crippen molar-refractivity contribution in [2.24, 2.45) is 0 Å². The Morgan fingerprint density at radius 2 is 1.19 bits per heavy atom. The van der Waals surface area contributed by atoms with Crippen LogP contribution in [0.1, 0.15) is 11.1 Å². The molecule has 0 atom stereocenters. The third-order valence-electron chi connectivity index (χ3n) is 3.00. The standard InChI is InChI=1S/C8H11O6PS.C7H8O3S/c1-7-2-4-8(5-3-7)16(12,13)14-6-15(9,10)11;1-6-2-4-7(5-3-6)11(8,9)10/h2-5H,6H2,1H3,(H2,9,10,11);2-5H,1H3,(H,8,9,10). The van der Waals surface area contributed by atoms with E-state index in [1.54, 1.807) is 31.2 Å². The molecular weight excluding hydrogens is 419 g/mol. The third-order valence-corrected chi connectivity index (χ3v) is 5.79. The van der Waals surface area contributed by atoms with E-state index in [0.29, 0.717) is 0 Å². The number of benzene rings is 2. The van der Waals surface area contributed by atoms with Gasteiger partial charge in [0, 0.05) is 0 Å². The van der Waals surface area contributed by atoms with Crippen LogP contribution < -0.4 is 0 Å². The van der Waals surface area contributed by atoms with Crippen LogP contribution in [0.15, 0.2) is 58.3 Å². The Hall–Kier alpha value is -1.59. The molecule has 27 heavy (non-hydrogen) atoms. The molecule has 0 saturated heterocycles. The minimum atomic E-state index is -4.49. The summed E-state index contributed by atoms with van der Waals surface area (Å²) in [6.45, 7) is 3.63. The molecule has 2 rings (SSSR count). The minimum absolute atomic E-state index is 0.0666. The van der Waals surface area contributed by atoms with E-state index < -0.39 is 34.2 Å². The number of aryl methyl sites for hydroxylation is 2. The van der Waals surface area contributed by atoms with Gasteiger partial charge in [0.25, 0.3) is 20.2 Å². The highest BCUT2D eigenvalue weighted by Gasteiger charge is 2.21. The summed E-state index contributed by atoms with van der Waals surface area (Å²) in [6, 6.07) is 11.7. The van der Waals surface area contributed by atoms with Crippen molar-refractivity contribution in [2.45, 2.75) is 23.6 Å². The summed E-state index contributed by atoms with van der Waals surface area (Å²) >= 11 is 0. The maximum absolute atomic E-state index is 11.4. The molecule has 0 amide bonds. The van der Waals surface area contributed by atoms with E-state index in [-0.39, 0.29) is 9.79 Å². The summed E-state index contributed by atoms with van der Waals surface area (Å²) in [5.74, 6) is 0. The van der Waals surface area contributed by atoms with Crippen LogP contribution in [0.3, 0.4) is 0 Å². The summed E-state index contributed by atoms with van der Waals surface area (Å²) in [7, 11) is -12.6. The number of hydrogen-bond acceptors (Lipinski definition) is 6. The average Bonchev–Trinajstić information content (AvgIpc) is 2.53. The van der Waals surface area contributed by atoms with Gasteiger partial charge in [-0.25, -0.2) is 0 Å². The van der Waals surface area contributed by atoms with Gasteiger partial charge >= 0.3 is 7.60 Å². The van der Waals surface area contributed by atoms with Crippen LogP contribution in [-0.2, 0) is 29.0 Å². The lowest BCUT2D eigenvalue weighted by Gasteiger charge is -2.06. The maximum atomic E-state index is 11.4. The Kier molecular flexibility index (Phi) is 7.87. The molecule has 0 spiro atoms. The van der Waals surface area contributed by atoms with Gasteiger partial charge in [-0.15, -0.1) is 0 Å². The summed E-state index contributed by atoms with van der Waals surface area (Å²) in [6.07, 6.45) is -1.15. The fourth-order valence-corrected chi connectivity index (χ4v) is 3.81. The van der Waals surface area contributed by atoms with Crippen LogP contribution in [-0.4, -0.2) is 37.5 Å². The second kappa shape index (κ2) is 9.07. The van der Waals surface area contributed by atoms with Crippen molar-refractivity contribution >= 4 is 27.8 Å². The monoisotopic (exact) mass is 438 g/mol. The lowest BCUT2D eigenvalue weighted by molar-refractivity contribution is 0.301. The van der Waals surface area contributed by atoms with E-state index in [2.05, 4.69) is 4.18 Å². The molecule has 0 saturated carbocycles. The molecule has 2 aromatic rings. The summed E-state index contributed by atoms with van der Waals surface area (Å²) in [5.41, 5.74) is 1.83. The van der Waals surface area contributed by atoms with Gasteiger partial charge in [0.05, 0.1) is 9.79 Å². The van der Waals surface area contributed by atoms with Crippen molar-refractivity contribution in [1.82, 2.24) is 0 Å². The lowest BCUT2D eigenvalue weighted by Crippen LogP contribution is -2.07. The normalized spacial score (nSPS) is 12.2. The minimum Gasteiger partial charge on any atom is -0.323 e. The summed E-state index contributed by atoms with van der Waals surface area (Å²) in [5, 5.41) is 0. The zero-order chi connectivity index (χ0) is 20.9. The molecule has 0 unspecified atom stereocenters. The van der Waals surface area contributed by atoms with Crippen molar-refractivity contribution < 1.29 is 39.9 Å². The van der Waals surface area contributed by atoms with Crippen molar-refractivity contribution in [3.05, 3.63) is 59.7 Å². The highest BCUT2D eigenvalue weighted by Crippen LogP contribution is 2.35. The number of hydrogen-bond donors (Lipinski definition) is 3. The largest absolute Gasteiger partial charge is 0.352 e. The molecule has 0 heterocycles. The molecule has 12 heteroatoms. The smallest absolute Gasteiger partial charge is 0.323 e. The molecule has 0 fully saturated rings. The van der Waals surface area contributed by atoms with E-state index >= 15 is 0 Å². The first kappa shape index (κ1) is 23.4. The maximum Gasteiger partial charge on any atom is 0.352 e. The van der Waals surface area contributed by atoms with Gasteiger partial charge in [0.2, 0.25) is 0 Å². The van der Waals surface area contributed by atoms with E-state index in [1.807, 2.05) is 6.92 Å². The van der Waals surface area contributed by atoms with Crippen LogP contribution in [0.5, 0.6) is 0 Å². The second-order valence-corrected chi connectivity index (χ2v) is 10.1. The van der Waals surface area contributed by atoms with Crippen LogP contribution in [0.2, 0.25) is 0 Å². The first-order valence-electron chi connectivity index (χ1n) is 7.25. The average molecular weight is 438 g/mol.